The molecule has 1 atom stereocenters. The van der Waals surface area contributed by atoms with Crippen LogP contribution in [0.15, 0.2) is 53.4 Å². The number of likely N-dealkylation sites (tertiary alicyclic amines) is 1. The SMILES string of the molecule is CCCCC(C(=O)NC1CCN(Cc2ccc(NS(=O)(=O)c3ccc(CN)cc3)cc2)CC1)C1CCCCC1.Cl. The highest BCUT2D eigenvalue weighted by Crippen LogP contribution is 2.33. The number of rotatable bonds is 12. The summed E-state index contributed by atoms with van der Waals surface area (Å²) >= 11 is 0. The van der Waals surface area contributed by atoms with E-state index in [4.69, 9.17) is 5.73 Å². The Labute approximate surface area is 247 Å². The van der Waals surface area contributed by atoms with Crippen LogP contribution in [0.4, 0.5) is 5.69 Å². The van der Waals surface area contributed by atoms with Gasteiger partial charge in [-0.25, -0.2) is 8.42 Å². The minimum Gasteiger partial charge on any atom is -0.353 e. The number of piperidine rings is 1. The summed E-state index contributed by atoms with van der Waals surface area (Å²) in [6.07, 6.45) is 11.5. The van der Waals surface area contributed by atoms with Gasteiger partial charge in [0.2, 0.25) is 5.91 Å². The van der Waals surface area contributed by atoms with Crippen LogP contribution in [0, 0.1) is 11.8 Å². The largest absolute Gasteiger partial charge is 0.353 e. The van der Waals surface area contributed by atoms with Crippen molar-refractivity contribution in [2.45, 2.75) is 95.2 Å². The molecule has 2 aliphatic rings. The fourth-order valence-corrected chi connectivity index (χ4v) is 7.10. The van der Waals surface area contributed by atoms with Crippen molar-refractivity contribution in [1.82, 2.24) is 10.2 Å². The zero-order valence-electron chi connectivity index (χ0n) is 23.8. The minimum atomic E-state index is -3.65. The summed E-state index contributed by atoms with van der Waals surface area (Å²) in [5.41, 5.74) is 8.18. The number of unbranched alkanes of at least 4 members (excludes halogenated alkanes) is 1. The summed E-state index contributed by atoms with van der Waals surface area (Å²) in [6, 6.07) is 14.5. The molecule has 222 valence electrons. The van der Waals surface area contributed by atoms with Gasteiger partial charge in [-0.15, -0.1) is 12.4 Å². The molecule has 1 saturated heterocycles. The molecule has 0 spiro atoms. The molecule has 1 aliphatic carbocycles. The lowest BCUT2D eigenvalue weighted by Gasteiger charge is -2.35. The molecule has 1 saturated carbocycles. The van der Waals surface area contributed by atoms with Crippen molar-refractivity contribution in [2.75, 3.05) is 17.8 Å². The standard InChI is InChI=1S/C31H46N4O3S.ClH/c1-2-3-9-30(26-7-5-4-6-8-26)31(36)33-27-18-20-35(21-19-27)23-25-10-14-28(15-11-25)34-39(37,38)29-16-12-24(22-32)13-17-29;/h10-17,26-27,30,34H,2-9,18-23,32H2,1H3,(H,33,36);1H. The van der Waals surface area contributed by atoms with Gasteiger partial charge in [0.05, 0.1) is 4.90 Å². The monoisotopic (exact) mass is 590 g/mol. The van der Waals surface area contributed by atoms with Crippen molar-refractivity contribution < 1.29 is 13.2 Å². The van der Waals surface area contributed by atoms with Crippen LogP contribution < -0.4 is 15.8 Å². The lowest BCUT2D eigenvalue weighted by Crippen LogP contribution is -2.47. The van der Waals surface area contributed by atoms with Gasteiger partial charge in [0.25, 0.3) is 10.0 Å². The van der Waals surface area contributed by atoms with Gasteiger partial charge in [-0.1, -0.05) is 63.3 Å². The molecule has 2 aromatic carbocycles. The molecule has 7 nitrogen and oxygen atoms in total. The molecule has 1 unspecified atom stereocenters. The Morgan fingerprint density at radius 2 is 1.57 bits per heavy atom. The lowest BCUT2D eigenvalue weighted by molar-refractivity contribution is -0.128. The number of sulfonamides is 1. The van der Waals surface area contributed by atoms with Gasteiger partial charge < -0.3 is 11.1 Å². The number of benzene rings is 2. The number of hydrogen-bond acceptors (Lipinski definition) is 5. The summed E-state index contributed by atoms with van der Waals surface area (Å²) in [6.45, 7) is 5.29. The maximum atomic E-state index is 13.3. The number of anilines is 1. The quantitative estimate of drug-likeness (QED) is 0.288. The molecule has 1 heterocycles. The Hall–Kier alpha value is -2.13. The van der Waals surface area contributed by atoms with Crippen LogP contribution in [0.3, 0.4) is 0 Å². The number of halogens is 1. The normalized spacial score (nSPS) is 18.1. The van der Waals surface area contributed by atoms with E-state index in [9.17, 15) is 13.2 Å². The van der Waals surface area contributed by atoms with E-state index >= 15 is 0 Å². The Morgan fingerprint density at radius 3 is 2.17 bits per heavy atom. The first kappa shape index (κ1) is 32.4. The Balaban J connectivity index is 0.00000441. The zero-order chi connectivity index (χ0) is 27.7. The van der Waals surface area contributed by atoms with Gasteiger partial charge in [-0.05, 0) is 73.4 Å². The van der Waals surface area contributed by atoms with Gasteiger partial charge in [0.15, 0.2) is 0 Å². The highest BCUT2D eigenvalue weighted by molar-refractivity contribution is 7.92. The molecule has 1 amide bonds. The van der Waals surface area contributed by atoms with E-state index in [1.807, 2.05) is 24.3 Å². The second kappa shape index (κ2) is 15.8. The fraction of sp³-hybridized carbons (Fsp3) is 0.581. The van der Waals surface area contributed by atoms with E-state index < -0.39 is 10.0 Å². The molecular weight excluding hydrogens is 544 g/mol. The molecule has 40 heavy (non-hydrogen) atoms. The number of nitrogens with two attached hydrogens (primary N) is 1. The average molecular weight is 591 g/mol. The van der Waals surface area contributed by atoms with Gasteiger partial charge in [0.1, 0.15) is 0 Å². The summed E-state index contributed by atoms with van der Waals surface area (Å²) in [5.74, 6) is 1.04. The van der Waals surface area contributed by atoms with E-state index in [0.29, 0.717) is 24.1 Å². The molecule has 0 aromatic heterocycles. The molecule has 0 radical (unpaired) electrons. The molecule has 0 bridgehead atoms. The van der Waals surface area contributed by atoms with Crippen LogP contribution in [0.2, 0.25) is 0 Å². The van der Waals surface area contributed by atoms with Crippen molar-refractivity contribution in [3.63, 3.8) is 0 Å². The van der Waals surface area contributed by atoms with Crippen LogP contribution in [-0.2, 0) is 27.9 Å². The van der Waals surface area contributed by atoms with Crippen molar-refractivity contribution in [3.05, 3.63) is 59.7 Å². The van der Waals surface area contributed by atoms with E-state index in [-0.39, 0.29) is 29.3 Å². The van der Waals surface area contributed by atoms with E-state index in [0.717, 1.165) is 62.9 Å². The van der Waals surface area contributed by atoms with Gasteiger partial charge in [-0.3, -0.25) is 14.4 Å². The average Bonchev–Trinajstić information content (AvgIpc) is 2.96. The zero-order valence-corrected chi connectivity index (χ0v) is 25.4. The summed E-state index contributed by atoms with van der Waals surface area (Å²) in [5, 5.41) is 3.42. The minimum absolute atomic E-state index is 0. The van der Waals surface area contributed by atoms with Crippen molar-refractivity contribution >= 4 is 34.0 Å². The van der Waals surface area contributed by atoms with Crippen molar-refractivity contribution in [3.8, 4) is 0 Å². The lowest BCUT2D eigenvalue weighted by atomic mass is 9.77. The van der Waals surface area contributed by atoms with Gasteiger partial charge in [-0.2, -0.15) is 0 Å². The highest BCUT2D eigenvalue weighted by Gasteiger charge is 2.31. The number of nitrogens with zero attached hydrogens (tertiary/aromatic N) is 1. The Morgan fingerprint density at radius 1 is 0.950 bits per heavy atom. The van der Waals surface area contributed by atoms with E-state index in [1.165, 1.54) is 32.1 Å². The highest BCUT2D eigenvalue weighted by atomic mass is 35.5. The van der Waals surface area contributed by atoms with Crippen LogP contribution in [0.25, 0.3) is 0 Å². The van der Waals surface area contributed by atoms with Crippen LogP contribution in [0.1, 0.15) is 82.3 Å². The maximum Gasteiger partial charge on any atom is 0.261 e. The van der Waals surface area contributed by atoms with Gasteiger partial charge in [0, 0.05) is 43.8 Å². The molecule has 4 N–H and O–H groups in total. The first-order valence-electron chi connectivity index (χ1n) is 14.8. The first-order valence-corrected chi connectivity index (χ1v) is 16.3. The third kappa shape index (κ3) is 9.20. The number of hydrogen-bond donors (Lipinski definition) is 3. The molecule has 2 fully saturated rings. The predicted molar refractivity (Wildman–Crippen MR) is 165 cm³/mol. The van der Waals surface area contributed by atoms with Crippen LogP contribution >= 0.6 is 12.4 Å². The summed E-state index contributed by atoms with van der Waals surface area (Å²) < 4.78 is 28.1. The topological polar surface area (TPSA) is 105 Å². The Bertz CT molecular complexity index is 1140. The molecule has 4 rings (SSSR count). The Kier molecular flexibility index (Phi) is 12.8. The molecule has 9 heteroatoms. The molecule has 2 aromatic rings. The van der Waals surface area contributed by atoms with E-state index in [1.54, 1.807) is 24.3 Å². The summed E-state index contributed by atoms with van der Waals surface area (Å²) in [7, 11) is -3.65. The first-order chi connectivity index (χ1) is 18.9. The predicted octanol–water partition coefficient (Wildman–Crippen LogP) is 5.84. The van der Waals surface area contributed by atoms with Crippen molar-refractivity contribution in [2.24, 2.45) is 17.6 Å². The summed E-state index contributed by atoms with van der Waals surface area (Å²) in [4.78, 5) is 15.9. The van der Waals surface area contributed by atoms with Crippen molar-refractivity contribution in [1.29, 1.82) is 0 Å². The molecule has 1 aliphatic heterocycles. The third-order valence-corrected chi connectivity index (χ3v) is 9.84. The van der Waals surface area contributed by atoms with E-state index in [2.05, 4.69) is 21.9 Å². The van der Waals surface area contributed by atoms with Crippen LogP contribution in [0.5, 0.6) is 0 Å². The second-order valence-corrected chi connectivity index (χ2v) is 13.0. The number of carbonyl (C=O) groups excluding carboxylic acids is 1. The molecular formula is C31H47ClN4O3S. The third-order valence-electron chi connectivity index (χ3n) is 8.44. The second-order valence-electron chi connectivity index (χ2n) is 11.4. The van der Waals surface area contributed by atoms with Crippen LogP contribution in [-0.4, -0.2) is 38.4 Å². The number of nitrogens with one attached hydrogen (secondary N) is 2. The van der Waals surface area contributed by atoms with Gasteiger partial charge >= 0.3 is 0 Å². The maximum absolute atomic E-state index is 13.3. The smallest absolute Gasteiger partial charge is 0.261 e. The number of carbonyl (C=O) groups is 1. The number of amides is 1. The fourth-order valence-electron chi connectivity index (χ4n) is 6.04.